The zero-order valence-corrected chi connectivity index (χ0v) is 12.3. The lowest BCUT2D eigenvalue weighted by atomic mass is 10.0. The van der Waals surface area contributed by atoms with Gasteiger partial charge in [0.1, 0.15) is 5.69 Å². The Morgan fingerprint density at radius 3 is 3.05 bits per heavy atom. The van der Waals surface area contributed by atoms with Crippen LogP contribution in [0.25, 0.3) is 4.96 Å². The van der Waals surface area contributed by atoms with Gasteiger partial charge in [0.2, 0.25) is 0 Å². The average molecular weight is 306 g/mol. The summed E-state index contributed by atoms with van der Waals surface area (Å²) in [5, 5.41) is 1.93. The molecule has 0 aromatic carbocycles. The zero-order valence-electron chi connectivity index (χ0n) is 11.5. The first kappa shape index (κ1) is 12.6. The van der Waals surface area contributed by atoms with Gasteiger partial charge >= 0.3 is 6.09 Å². The van der Waals surface area contributed by atoms with E-state index in [9.17, 15) is 9.59 Å². The summed E-state index contributed by atoms with van der Waals surface area (Å²) in [6.45, 7) is 1.56. The van der Waals surface area contributed by atoms with Crippen LogP contribution in [0, 0.1) is 0 Å². The molecule has 0 aliphatic carbocycles. The number of carbonyl (C=O) groups is 2. The van der Waals surface area contributed by atoms with Gasteiger partial charge in [0, 0.05) is 37.8 Å². The van der Waals surface area contributed by atoms with Crippen molar-refractivity contribution in [2.75, 3.05) is 26.7 Å². The summed E-state index contributed by atoms with van der Waals surface area (Å²) in [5.41, 5.74) is -0.102. The molecular weight excluding hydrogens is 292 g/mol. The normalized spacial score (nSPS) is 25.3. The van der Waals surface area contributed by atoms with Crippen LogP contribution in [0.2, 0.25) is 0 Å². The minimum absolute atomic E-state index is 0.103. The number of likely N-dealkylation sites (tertiary alicyclic amines) is 1. The Morgan fingerprint density at radius 2 is 2.33 bits per heavy atom. The lowest BCUT2D eigenvalue weighted by Crippen LogP contribution is -2.39. The summed E-state index contributed by atoms with van der Waals surface area (Å²) in [5.74, 6) is -0.103. The first-order valence-corrected chi connectivity index (χ1v) is 7.60. The van der Waals surface area contributed by atoms with Crippen molar-refractivity contribution in [2.45, 2.75) is 12.0 Å². The van der Waals surface area contributed by atoms with Gasteiger partial charge in [-0.1, -0.05) is 0 Å². The Kier molecular flexibility index (Phi) is 2.53. The molecule has 7 nitrogen and oxygen atoms in total. The number of fused-ring (bicyclic) bond motifs is 1. The highest BCUT2D eigenvalue weighted by Crippen LogP contribution is 2.32. The molecule has 2 aliphatic rings. The summed E-state index contributed by atoms with van der Waals surface area (Å²) in [6, 6.07) is 0. The molecule has 2 aromatic rings. The highest BCUT2D eigenvalue weighted by atomic mass is 32.1. The van der Waals surface area contributed by atoms with Crippen LogP contribution in [-0.2, 0) is 4.74 Å². The maximum Gasteiger partial charge on any atom is 0.410 e. The largest absolute Gasteiger partial charge is 0.439 e. The molecule has 0 bridgehead atoms. The third kappa shape index (κ3) is 1.90. The van der Waals surface area contributed by atoms with Gasteiger partial charge in [-0.25, -0.2) is 9.78 Å². The number of likely N-dealkylation sites (N-methyl/N-ethyl adjacent to an activating group) is 1. The topological polar surface area (TPSA) is 67.2 Å². The Morgan fingerprint density at radius 1 is 1.48 bits per heavy atom. The number of thiazole rings is 1. The monoisotopic (exact) mass is 306 g/mol. The van der Waals surface area contributed by atoms with Gasteiger partial charge in [-0.2, -0.15) is 0 Å². The number of ether oxygens (including phenoxy) is 1. The van der Waals surface area contributed by atoms with E-state index in [0.717, 1.165) is 4.96 Å². The molecule has 2 fully saturated rings. The molecule has 1 spiro atoms. The fourth-order valence-corrected chi connectivity index (χ4v) is 3.72. The molecule has 2 aromatic heterocycles. The highest BCUT2D eigenvalue weighted by Gasteiger charge is 2.49. The molecule has 1 atom stereocenters. The van der Waals surface area contributed by atoms with Crippen LogP contribution >= 0.6 is 11.3 Å². The minimum atomic E-state index is -0.543. The number of hydrogen-bond acceptors (Lipinski definition) is 5. The first-order chi connectivity index (χ1) is 10.1. The van der Waals surface area contributed by atoms with Gasteiger partial charge in [0.25, 0.3) is 5.91 Å². The molecule has 110 valence electrons. The summed E-state index contributed by atoms with van der Waals surface area (Å²) < 4.78 is 7.29. The van der Waals surface area contributed by atoms with Gasteiger partial charge in [0.15, 0.2) is 10.6 Å². The van der Waals surface area contributed by atoms with Crippen molar-refractivity contribution < 1.29 is 14.3 Å². The number of imidazole rings is 1. The van der Waals surface area contributed by atoms with Crippen LogP contribution in [0.1, 0.15) is 16.9 Å². The molecule has 4 rings (SSSR count). The van der Waals surface area contributed by atoms with E-state index < -0.39 is 5.60 Å². The van der Waals surface area contributed by atoms with E-state index in [-0.39, 0.29) is 12.0 Å². The number of hydrogen-bond donors (Lipinski definition) is 0. The van der Waals surface area contributed by atoms with E-state index in [0.29, 0.717) is 31.7 Å². The highest BCUT2D eigenvalue weighted by molar-refractivity contribution is 7.15. The lowest BCUT2D eigenvalue weighted by Gasteiger charge is -2.21. The molecule has 8 heteroatoms. The molecule has 0 saturated carbocycles. The van der Waals surface area contributed by atoms with Gasteiger partial charge < -0.3 is 14.5 Å². The Labute approximate surface area is 124 Å². The maximum atomic E-state index is 12.5. The third-order valence-corrected chi connectivity index (χ3v) is 4.83. The summed E-state index contributed by atoms with van der Waals surface area (Å²) in [7, 11) is 1.71. The zero-order chi connectivity index (χ0) is 14.6. The van der Waals surface area contributed by atoms with E-state index in [1.54, 1.807) is 23.0 Å². The first-order valence-electron chi connectivity index (χ1n) is 6.72. The molecule has 0 N–H and O–H groups in total. The smallest absolute Gasteiger partial charge is 0.410 e. The lowest BCUT2D eigenvalue weighted by molar-refractivity contribution is 0.0551. The number of nitrogens with zero attached hydrogens (tertiary/aromatic N) is 4. The summed E-state index contributed by atoms with van der Waals surface area (Å²) in [6.07, 6.45) is 3.98. The Bertz CT molecular complexity index is 710. The van der Waals surface area contributed by atoms with Crippen LogP contribution in [-0.4, -0.2) is 63.5 Å². The average Bonchev–Trinajstić information content (AvgIpc) is 3.14. The van der Waals surface area contributed by atoms with Crippen molar-refractivity contribution in [3.63, 3.8) is 0 Å². The van der Waals surface area contributed by atoms with Gasteiger partial charge in [-0.05, 0) is 0 Å². The predicted molar refractivity (Wildman–Crippen MR) is 75.4 cm³/mol. The standard InChI is InChI=1S/C13H14N4O3S/c1-15-7-13(20-12(15)19)2-3-17(8-13)10(18)9-6-16-4-5-21-11(16)14-9/h4-6H,2-3,7-8H2,1H3. The van der Waals surface area contributed by atoms with Crippen LogP contribution in [0.3, 0.4) is 0 Å². The molecule has 4 heterocycles. The van der Waals surface area contributed by atoms with Crippen LogP contribution < -0.4 is 0 Å². The quantitative estimate of drug-likeness (QED) is 0.790. The van der Waals surface area contributed by atoms with Crippen molar-refractivity contribution >= 4 is 28.3 Å². The van der Waals surface area contributed by atoms with Crippen molar-refractivity contribution in [3.8, 4) is 0 Å². The number of amides is 2. The van der Waals surface area contributed by atoms with E-state index in [4.69, 9.17) is 4.74 Å². The second-order valence-corrected chi connectivity index (χ2v) is 6.48. The van der Waals surface area contributed by atoms with Crippen molar-refractivity contribution in [1.29, 1.82) is 0 Å². The van der Waals surface area contributed by atoms with Crippen molar-refractivity contribution in [3.05, 3.63) is 23.5 Å². The Hall–Kier alpha value is -2.09. The van der Waals surface area contributed by atoms with E-state index in [1.165, 1.54) is 11.3 Å². The van der Waals surface area contributed by atoms with Crippen LogP contribution in [0.4, 0.5) is 4.79 Å². The SMILES string of the molecule is CN1CC2(CCN(C(=O)c3cn4ccsc4n3)C2)OC1=O. The number of rotatable bonds is 1. The molecule has 2 amide bonds. The number of carbonyl (C=O) groups excluding carboxylic acids is 2. The molecule has 0 radical (unpaired) electrons. The predicted octanol–water partition coefficient (Wildman–Crippen LogP) is 1.06. The van der Waals surface area contributed by atoms with Crippen LogP contribution in [0.15, 0.2) is 17.8 Å². The van der Waals surface area contributed by atoms with Gasteiger partial charge in [0.05, 0.1) is 13.1 Å². The number of aromatic nitrogens is 2. The Balaban J connectivity index is 1.54. The second-order valence-electron chi connectivity index (χ2n) is 5.60. The fourth-order valence-electron chi connectivity index (χ4n) is 3.02. The van der Waals surface area contributed by atoms with Gasteiger partial charge in [-0.3, -0.25) is 9.20 Å². The molecular formula is C13H14N4O3S. The maximum absolute atomic E-state index is 12.5. The summed E-state index contributed by atoms with van der Waals surface area (Å²) in [4.78, 5) is 32.5. The van der Waals surface area contributed by atoms with Gasteiger partial charge in [-0.15, -0.1) is 11.3 Å². The van der Waals surface area contributed by atoms with Crippen LogP contribution in [0.5, 0.6) is 0 Å². The van der Waals surface area contributed by atoms with E-state index in [1.807, 2.05) is 16.0 Å². The van der Waals surface area contributed by atoms with E-state index in [2.05, 4.69) is 4.98 Å². The fraction of sp³-hybridized carbons (Fsp3) is 0.462. The minimum Gasteiger partial charge on any atom is -0.439 e. The molecule has 2 saturated heterocycles. The summed E-state index contributed by atoms with van der Waals surface area (Å²) >= 11 is 1.49. The molecule has 1 unspecified atom stereocenters. The second kappa shape index (κ2) is 4.20. The van der Waals surface area contributed by atoms with Crippen molar-refractivity contribution in [1.82, 2.24) is 19.2 Å². The third-order valence-electron chi connectivity index (χ3n) is 4.06. The molecule has 2 aliphatic heterocycles. The van der Waals surface area contributed by atoms with Crippen molar-refractivity contribution in [2.24, 2.45) is 0 Å². The van der Waals surface area contributed by atoms with E-state index >= 15 is 0 Å². The molecule has 21 heavy (non-hydrogen) atoms.